The number of hydrogen-bond acceptors (Lipinski definition) is 4. The average molecular weight is 245 g/mol. The summed E-state index contributed by atoms with van der Waals surface area (Å²) in [4.78, 5) is 11.5. The zero-order valence-corrected chi connectivity index (χ0v) is 12.0. The van der Waals surface area contributed by atoms with Crippen molar-refractivity contribution in [3.05, 3.63) is 0 Å². The van der Waals surface area contributed by atoms with Gasteiger partial charge in [-0.2, -0.15) is 0 Å². The summed E-state index contributed by atoms with van der Waals surface area (Å²) >= 11 is 0. The van der Waals surface area contributed by atoms with E-state index in [0.717, 1.165) is 6.42 Å². The van der Waals surface area contributed by atoms with E-state index in [1.165, 1.54) is 7.11 Å². The number of carbonyl (C=O) groups excluding carboxylic acids is 1. The van der Waals surface area contributed by atoms with E-state index in [1.54, 1.807) is 0 Å². The third-order valence-electron chi connectivity index (χ3n) is 2.22. The van der Waals surface area contributed by atoms with E-state index in [2.05, 4.69) is 19.2 Å². The second-order valence-corrected chi connectivity index (χ2v) is 5.62. The van der Waals surface area contributed by atoms with Crippen molar-refractivity contribution in [3.8, 4) is 0 Å². The van der Waals surface area contributed by atoms with Gasteiger partial charge in [-0.05, 0) is 33.1 Å². The maximum Gasteiger partial charge on any atom is 0.322 e. The molecule has 0 radical (unpaired) electrons. The molecule has 0 aliphatic rings. The van der Waals surface area contributed by atoms with E-state index in [9.17, 15) is 4.79 Å². The number of hydrogen-bond donors (Lipinski definition) is 1. The summed E-state index contributed by atoms with van der Waals surface area (Å²) in [6, 6.07) is -0.233. The van der Waals surface area contributed by atoms with Gasteiger partial charge in [0.2, 0.25) is 0 Å². The predicted octanol–water partition coefficient (Wildman–Crippen LogP) is 1.98. The van der Waals surface area contributed by atoms with Gasteiger partial charge < -0.3 is 14.8 Å². The molecule has 0 saturated carbocycles. The van der Waals surface area contributed by atoms with E-state index >= 15 is 0 Å². The van der Waals surface area contributed by atoms with Crippen LogP contribution >= 0.6 is 0 Å². The molecule has 0 aliphatic carbocycles. The largest absolute Gasteiger partial charge is 0.468 e. The van der Waals surface area contributed by atoms with Gasteiger partial charge in [-0.3, -0.25) is 4.79 Å². The maximum atomic E-state index is 11.5. The maximum absolute atomic E-state index is 11.5. The highest BCUT2D eigenvalue weighted by atomic mass is 16.5. The van der Waals surface area contributed by atoms with Crippen LogP contribution in [0.3, 0.4) is 0 Å². The number of ether oxygens (including phenoxy) is 2. The second-order valence-electron chi connectivity index (χ2n) is 5.62. The summed E-state index contributed by atoms with van der Waals surface area (Å²) in [6.07, 6.45) is 0.780. The predicted molar refractivity (Wildman–Crippen MR) is 69.0 cm³/mol. The molecule has 0 aliphatic heterocycles. The Kier molecular flexibility index (Phi) is 7.39. The average Bonchev–Trinajstić information content (AvgIpc) is 2.19. The van der Waals surface area contributed by atoms with Crippen LogP contribution < -0.4 is 5.32 Å². The molecule has 0 rings (SSSR count). The van der Waals surface area contributed by atoms with Crippen LogP contribution in [-0.2, 0) is 14.3 Å². The highest BCUT2D eigenvalue weighted by Crippen LogP contribution is 2.07. The van der Waals surface area contributed by atoms with Crippen LogP contribution in [0.15, 0.2) is 0 Å². The Bertz CT molecular complexity index is 221. The molecule has 17 heavy (non-hydrogen) atoms. The molecule has 0 amide bonds. The first-order chi connectivity index (χ1) is 7.76. The molecule has 0 aromatic rings. The summed E-state index contributed by atoms with van der Waals surface area (Å²) in [7, 11) is 1.42. The van der Waals surface area contributed by atoms with E-state index in [1.807, 2.05) is 20.8 Å². The summed E-state index contributed by atoms with van der Waals surface area (Å²) in [5, 5.41) is 3.17. The number of methoxy groups -OCH3 is 1. The van der Waals surface area contributed by atoms with Gasteiger partial charge >= 0.3 is 5.97 Å². The standard InChI is InChI=1S/C13H27NO3/c1-10(2)9-11(12(15)16-6)14-7-8-17-13(3,4)5/h10-11,14H,7-9H2,1-6H3. The molecule has 0 aromatic carbocycles. The van der Waals surface area contributed by atoms with Gasteiger partial charge in [0, 0.05) is 6.54 Å². The van der Waals surface area contributed by atoms with Gasteiger partial charge in [-0.15, -0.1) is 0 Å². The quantitative estimate of drug-likeness (QED) is 0.550. The Morgan fingerprint density at radius 1 is 1.29 bits per heavy atom. The minimum atomic E-state index is -0.233. The van der Waals surface area contributed by atoms with Crippen LogP contribution in [-0.4, -0.2) is 37.9 Å². The lowest BCUT2D eigenvalue weighted by molar-refractivity contribution is -0.143. The van der Waals surface area contributed by atoms with Gasteiger partial charge in [0.05, 0.1) is 19.3 Å². The van der Waals surface area contributed by atoms with Crippen LogP contribution in [0.1, 0.15) is 41.0 Å². The lowest BCUT2D eigenvalue weighted by Crippen LogP contribution is -2.41. The molecule has 0 fully saturated rings. The minimum absolute atomic E-state index is 0.138. The van der Waals surface area contributed by atoms with Crippen LogP contribution in [0.25, 0.3) is 0 Å². The molecule has 0 spiro atoms. The van der Waals surface area contributed by atoms with Gasteiger partial charge in [0.15, 0.2) is 0 Å². The van der Waals surface area contributed by atoms with Crippen LogP contribution in [0, 0.1) is 5.92 Å². The summed E-state index contributed by atoms with van der Waals surface area (Å²) in [5.41, 5.74) is -0.138. The molecule has 1 N–H and O–H groups in total. The van der Waals surface area contributed by atoms with E-state index in [-0.39, 0.29) is 17.6 Å². The molecule has 4 heteroatoms. The normalized spacial score (nSPS) is 13.8. The van der Waals surface area contributed by atoms with Gasteiger partial charge in [-0.25, -0.2) is 0 Å². The number of rotatable bonds is 7. The number of carbonyl (C=O) groups is 1. The zero-order valence-electron chi connectivity index (χ0n) is 12.0. The van der Waals surface area contributed by atoms with Crippen LogP contribution in [0.5, 0.6) is 0 Å². The Morgan fingerprint density at radius 3 is 2.29 bits per heavy atom. The van der Waals surface area contributed by atoms with Crippen molar-refractivity contribution in [3.63, 3.8) is 0 Å². The van der Waals surface area contributed by atoms with Crippen LogP contribution in [0.4, 0.5) is 0 Å². The van der Waals surface area contributed by atoms with E-state index < -0.39 is 0 Å². The Hall–Kier alpha value is -0.610. The fraction of sp³-hybridized carbons (Fsp3) is 0.923. The summed E-state index contributed by atoms with van der Waals surface area (Å²) in [6.45, 7) is 11.5. The molecule has 0 saturated heterocycles. The second kappa shape index (κ2) is 7.67. The van der Waals surface area contributed by atoms with Crippen molar-refractivity contribution in [2.24, 2.45) is 5.92 Å². The topological polar surface area (TPSA) is 47.6 Å². The molecule has 0 bridgehead atoms. The third-order valence-corrected chi connectivity index (χ3v) is 2.22. The molecule has 1 atom stereocenters. The molecule has 102 valence electrons. The van der Waals surface area contributed by atoms with Crippen molar-refractivity contribution >= 4 is 5.97 Å². The van der Waals surface area contributed by atoms with Gasteiger partial charge in [-0.1, -0.05) is 13.8 Å². The van der Waals surface area contributed by atoms with Crippen molar-refractivity contribution < 1.29 is 14.3 Å². The summed E-state index contributed by atoms with van der Waals surface area (Å²) < 4.78 is 10.4. The lowest BCUT2D eigenvalue weighted by Gasteiger charge is -2.22. The first kappa shape index (κ1) is 16.4. The monoisotopic (exact) mass is 245 g/mol. The minimum Gasteiger partial charge on any atom is -0.468 e. The SMILES string of the molecule is COC(=O)C(CC(C)C)NCCOC(C)(C)C. The fourth-order valence-electron chi connectivity index (χ4n) is 1.47. The Labute approximate surface area is 105 Å². The van der Waals surface area contributed by atoms with Crippen molar-refractivity contribution in [2.75, 3.05) is 20.3 Å². The first-order valence-corrected chi connectivity index (χ1v) is 6.21. The molecular formula is C13H27NO3. The molecule has 0 heterocycles. The third kappa shape index (κ3) is 9.12. The van der Waals surface area contributed by atoms with Gasteiger partial charge in [0.25, 0.3) is 0 Å². The Balaban J connectivity index is 3.96. The van der Waals surface area contributed by atoms with Crippen molar-refractivity contribution in [2.45, 2.75) is 52.7 Å². The Morgan fingerprint density at radius 2 is 1.88 bits per heavy atom. The van der Waals surface area contributed by atoms with E-state index in [4.69, 9.17) is 9.47 Å². The molecule has 0 aromatic heterocycles. The summed E-state index contributed by atoms with van der Waals surface area (Å²) in [5.74, 6) is 0.254. The fourth-order valence-corrected chi connectivity index (χ4v) is 1.47. The molecule has 4 nitrogen and oxygen atoms in total. The molecular weight excluding hydrogens is 218 g/mol. The first-order valence-electron chi connectivity index (χ1n) is 6.21. The highest BCUT2D eigenvalue weighted by Gasteiger charge is 2.19. The number of nitrogens with one attached hydrogen (secondary N) is 1. The van der Waals surface area contributed by atoms with E-state index in [0.29, 0.717) is 19.1 Å². The number of esters is 1. The lowest BCUT2D eigenvalue weighted by atomic mass is 10.0. The van der Waals surface area contributed by atoms with Gasteiger partial charge in [0.1, 0.15) is 6.04 Å². The highest BCUT2D eigenvalue weighted by molar-refractivity contribution is 5.75. The molecule has 1 unspecified atom stereocenters. The smallest absolute Gasteiger partial charge is 0.322 e. The van der Waals surface area contributed by atoms with Crippen molar-refractivity contribution in [1.29, 1.82) is 0 Å². The van der Waals surface area contributed by atoms with Crippen molar-refractivity contribution in [1.82, 2.24) is 5.32 Å². The van der Waals surface area contributed by atoms with Crippen LogP contribution in [0.2, 0.25) is 0 Å². The zero-order chi connectivity index (χ0) is 13.5.